The van der Waals surface area contributed by atoms with E-state index < -0.39 is 15.9 Å². The smallest absolute Gasteiger partial charge is 0.256 e. The second-order valence-electron chi connectivity index (χ2n) is 6.40. The average Bonchev–Trinajstić information content (AvgIpc) is 2.64. The molecule has 2 heterocycles. The lowest BCUT2D eigenvalue weighted by Gasteiger charge is -2.28. The molecular weight excluding hydrogens is 368 g/mol. The Morgan fingerprint density at radius 2 is 1.93 bits per heavy atom. The molecule has 0 atom stereocenters. The Hall–Kier alpha value is -2.94. The highest BCUT2D eigenvalue weighted by Gasteiger charge is 2.29. The van der Waals surface area contributed by atoms with E-state index >= 15 is 0 Å². The van der Waals surface area contributed by atoms with Crippen molar-refractivity contribution in [1.82, 2.24) is 15.1 Å². The van der Waals surface area contributed by atoms with E-state index in [-0.39, 0.29) is 36.2 Å². The Kier molecular flexibility index (Phi) is 5.13. The topological polar surface area (TPSA) is 99.1 Å². The van der Waals surface area contributed by atoms with Gasteiger partial charge in [-0.25, -0.2) is 8.42 Å². The number of hydrogen-bond donors (Lipinski definition) is 1. The highest BCUT2D eigenvalue weighted by molar-refractivity contribution is 7.90. The highest BCUT2D eigenvalue weighted by Crippen LogP contribution is 2.18. The van der Waals surface area contributed by atoms with Crippen LogP contribution in [0.5, 0.6) is 0 Å². The summed E-state index contributed by atoms with van der Waals surface area (Å²) in [5.41, 5.74) is 1.59. The van der Waals surface area contributed by atoms with Crippen LogP contribution in [0.4, 0.5) is 0 Å². The lowest BCUT2D eigenvalue weighted by molar-refractivity contribution is -0.117. The number of amides is 2. The first-order valence-corrected chi connectivity index (χ1v) is 9.95. The summed E-state index contributed by atoms with van der Waals surface area (Å²) in [6.07, 6.45) is 4.93. The summed E-state index contributed by atoms with van der Waals surface area (Å²) in [5.74, 6) is -0.434. The molecule has 1 aromatic rings. The van der Waals surface area contributed by atoms with Gasteiger partial charge in [-0.15, -0.1) is 4.40 Å². The maximum Gasteiger partial charge on any atom is 0.256 e. The molecule has 1 N–H and O–H groups in total. The molecule has 0 saturated carbocycles. The Labute approximate surface area is 157 Å². The van der Waals surface area contributed by atoms with E-state index in [1.165, 1.54) is 4.90 Å². The molecule has 0 spiro atoms. The van der Waals surface area contributed by atoms with Crippen LogP contribution in [-0.2, 0) is 21.4 Å². The number of hydrogen-bond acceptors (Lipinski definition) is 5. The number of rotatable bonds is 4. The number of amidine groups is 1. The molecule has 0 unspecified atom stereocenters. The Morgan fingerprint density at radius 3 is 2.59 bits per heavy atom. The highest BCUT2D eigenvalue weighted by atomic mass is 32.2. The molecule has 0 fully saturated rings. The Bertz CT molecular complexity index is 960. The van der Waals surface area contributed by atoms with E-state index in [0.717, 1.165) is 5.56 Å². The zero-order valence-corrected chi connectivity index (χ0v) is 15.9. The maximum absolute atomic E-state index is 12.5. The number of carbonyl (C=O) groups is 2. The molecule has 1 aromatic carbocycles. The van der Waals surface area contributed by atoms with Gasteiger partial charge in [0.1, 0.15) is 0 Å². The molecule has 0 bridgehead atoms. The number of nitrogens with zero attached hydrogens (tertiary/aromatic N) is 3. The van der Waals surface area contributed by atoms with Crippen LogP contribution in [-0.4, -0.2) is 62.3 Å². The third kappa shape index (κ3) is 4.25. The van der Waals surface area contributed by atoms with Crippen LogP contribution < -0.4 is 5.32 Å². The van der Waals surface area contributed by atoms with Crippen LogP contribution in [0.25, 0.3) is 0 Å². The van der Waals surface area contributed by atoms with Crippen LogP contribution >= 0.6 is 0 Å². The number of benzene rings is 1. The van der Waals surface area contributed by atoms with Gasteiger partial charge in [-0.05, 0) is 29.8 Å². The van der Waals surface area contributed by atoms with Gasteiger partial charge in [0.2, 0.25) is 0 Å². The van der Waals surface area contributed by atoms with Crippen molar-refractivity contribution in [3.05, 3.63) is 59.3 Å². The first-order valence-electron chi connectivity index (χ1n) is 8.34. The molecule has 8 nitrogen and oxygen atoms in total. The fourth-order valence-electron chi connectivity index (χ4n) is 2.69. The predicted octanol–water partition coefficient (Wildman–Crippen LogP) is 0.502. The standard InChI is InChI=1S/C18H20N4O4S/c1-21(2)18(24)14-7-5-13(6-8-14)12-19-17(23)15-4-3-9-22-10-11-27(25,26)20-16(15)22/h3-9H,10-12H2,1-2H3,(H,19,23). The summed E-state index contributed by atoms with van der Waals surface area (Å²) in [6, 6.07) is 6.93. The van der Waals surface area contributed by atoms with Crippen molar-refractivity contribution in [3.63, 3.8) is 0 Å². The van der Waals surface area contributed by atoms with E-state index in [1.807, 2.05) is 0 Å². The van der Waals surface area contributed by atoms with Crippen molar-refractivity contribution in [2.45, 2.75) is 6.54 Å². The second kappa shape index (κ2) is 7.36. The van der Waals surface area contributed by atoms with Gasteiger partial charge >= 0.3 is 0 Å². The monoisotopic (exact) mass is 388 g/mol. The van der Waals surface area contributed by atoms with E-state index in [4.69, 9.17) is 0 Å². The van der Waals surface area contributed by atoms with Crippen molar-refractivity contribution in [3.8, 4) is 0 Å². The SMILES string of the molecule is CN(C)C(=O)c1ccc(CNC(=O)C2=CC=CN3CCS(=O)(=O)N=C23)cc1. The van der Waals surface area contributed by atoms with E-state index in [9.17, 15) is 18.0 Å². The molecule has 2 amide bonds. The Morgan fingerprint density at radius 1 is 1.22 bits per heavy atom. The van der Waals surface area contributed by atoms with Crippen molar-refractivity contribution in [1.29, 1.82) is 0 Å². The maximum atomic E-state index is 12.5. The average molecular weight is 388 g/mol. The number of carbonyl (C=O) groups excluding carboxylic acids is 2. The van der Waals surface area contributed by atoms with Gasteiger partial charge in [0, 0.05) is 38.9 Å². The predicted molar refractivity (Wildman–Crippen MR) is 101 cm³/mol. The van der Waals surface area contributed by atoms with Gasteiger partial charge in [-0.2, -0.15) is 0 Å². The fraction of sp³-hybridized carbons (Fsp3) is 0.278. The van der Waals surface area contributed by atoms with Crippen molar-refractivity contribution in [2.75, 3.05) is 26.4 Å². The lowest BCUT2D eigenvalue weighted by Crippen LogP contribution is -2.42. The molecule has 0 aromatic heterocycles. The van der Waals surface area contributed by atoms with Gasteiger partial charge in [-0.1, -0.05) is 12.1 Å². The molecular formula is C18H20N4O4S. The van der Waals surface area contributed by atoms with Crippen molar-refractivity contribution in [2.24, 2.45) is 4.40 Å². The third-order valence-corrected chi connectivity index (χ3v) is 5.31. The first-order chi connectivity index (χ1) is 12.8. The molecule has 3 rings (SSSR count). The summed E-state index contributed by atoms with van der Waals surface area (Å²) in [4.78, 5) is 27.6. The van der Waals surface area contributed by atoms with E-state index in [2.05, 4.69) is 9.71 Å². The summed E-state index contributed by atoms with van der Waals surface area (Å²) in [5, 5.41) is 2.76. The van der Waals surface area contributed by atoms with Crippen molar-refractivity contribution >= 4 is 27.7 Å². The summed E-state index contributed by atoms with van der Waals surface area (Å²) >= 11 is 0. The van der Waals surface area contributed by atoms with Gasteiger partial charge in [0.05, 0.1) is 11.3 Å². The van der Waals surface area contributed by atoms with Crippen molar-refractivity contribution < 1.29 is 18.0 Å². The molecule has 9 heteroatoms. The minimum Gasteiger partial charge on any atom is -0.348 e. The quantitative estimate of drug-likeness (QED) is 0.810. The number of nitrogens with one attached hydrogen (secondary N) is 1. The molecule has 2 aliphatic heterocycles. The summed E-state index contributed by atoms with van der Waals surface area (Å²) in [6.45, 7) is 0.514. The van der Waals surface area contributed by atoms with E-state index in [0.29, 0.717) is 5.56 Å². The fourth-order valence-corrected chi connectivity index (χ4v) is 3.68. The van der Waals surface area contributed by atoms with Gasteiger partial charge in [0.15, 0.2) is 5.84 Å². The second-order valence-corrected chi connectivity index (χ2v) is 8.15. The summed E-state index contributed by atoms with van der Waals surface area (Å²) < 4.78 is 27.3. The zero-order valence-electron chi connectivity index (χ0n) is 15.0. The molecule has 0 aliphatic carbocycles. The minimum absolute atomic E-state index is 0.0756. The van der Waals surface area contributed by atoms with Gasteiger partial charge in [0.25, 0.3) is 21.8 Å². The van der Waals surface area contributed by atoms with E-state index in [1.54, 1.807) is 61.6 Å². The lowest BCUT2D eigenvalue weighted by atomic mass is 10.1. The molecule has 2 aliphatic rings. The zero-order chi connectivity index (χ0) is 19.6. The first kappa shape index (κ1) is 18.8. The normalized spacial score (nSPS) is 17.5. The molecule has 142 valence electrons. The van der Waals surface area contributed by atoms with Gasteiger partial charge < -0.3 is 15.1 Å². The minimum atomic E-state index is -3.55. The molecule has 0 radical (unpaired) electrons. The van der Waals surface area contributed by atoms with Crippen LogP contribution in [0.2, 0.25) is 0 Å². The molecule has 0 saturated heterocycles. The number of fused-ring (bicyclic) bond motifs is 1. The third-order valence-electron chi connectivity index (χ3n) is 4.16. The van der Waals surface area contributed by atoms with Crippen LogP contribution in [0, 0.1) is 0 Å². The van der Waals surface area contributed by atoms with Crippen LogP contribution in [0.1, 0.15) is 15.9 Å². The Balaban J connectivity index is 1.69. The largest absolute Gasteiger partial charge is 0.348 e. The molecule has 27 heavy (non-hydrogen) atoms. The van der Waals surface area contributed by atoms with Gasteiger partial charge in [-0.3, -0.25) is 9.59 Å². The number of allylic oxidation sites excluding steroid dienone is 2. The van der Waals surface area contributed by atoms with Crippen LogP contribution in [0.3, 0.4) is 0 Å². The number of sulfonamides is 1. The van der Waals surface area contributed by atoms with Crippen LogP contribution in [0.15, 0.2) is 52.6 Å². The summed E-state index contributed by atoms with van der Waals surface area (Å²) in [7, 11) is -0.189.